The lowest BCUT2D eigenvalue weighted by atomic mass is 9.96. The molecule has 118 valence electrons. The first kappa shape index (κ1) is 16.6. The number of nitrogens with zero attached hydrogens (tertiary/aromatic N) is 1. The number of aryl methyl sites for hydroxylation is 1. The Balaban J connectivity index is 1.79. The smallest absolute Gasteiger partial charge is 0.138 e. The Morgan fingerprint density at radius 2 is 2.24 bits per heavy atom. The van der Waals surface area contributed by atoms with Crippen molar-refractivity contribution in [1.82, 2.24) is 4.90 Å². The number of piperidine rings is 1. The number of aliphatic hydroxyl groups is 2. The molecule has 2 N–H and O–H groups in total. The van der Waals surface area contributed by atoms with Gasteiger partial charge in [0.25, 0.3) is 0 Å². The minimum Gasteiger partial charge on any atom is -0.489 e. The van der Waals surface area contributed by atoms with Crippen molar-refractivity contribution in [3.8, 4) is 5.75 Å². The second kappa shape index (κ2) is 7.45. The summed E-state index contributed by atoms with van der Waals surface area (Å²) >= 11 is 6.06. The third kappa shape index (κ3) is 4.85. The second-order valence-electron chi connectivity index (χ2n) is 5.99. The molecule has 21 heavy (non-hydrogen) atoms. The Bertz CT molecular complexity index is 469. The van der Waals surface area contributed by atoms with Gasteiger partial charge in [0, 0.05) is 13.1 Å². The van der Waals surface area contributed by atoms with E-state index in [0.29, 0.717) is 29.8 Å². The highest BCUT2D eigenvalue weighted by Crippen LogP contribution is 2.25. The lowest BCUT2D eigenvalue weighted by molar-refractivity contribution is 0.000147. The summed E-state index contributed by atoms with van der Waals surface area (Å²) in [6.45, 7) is 6.25. The van der Waals surface area contributed by atoms with Crippen molar-refractivity contribution in [2.75, 3.05) is 26.2 Å². The van der Waals surface area contributed by atoms with E-state index in [1.54, 1.807) is 6.07 Å². The van der Waals surface area contributed by atoms with Gasteiger partial charge >= 0.3 is 0 Å². The van der Waals surface area contributed by atoms with E-state index in [2.05, 4.69) is 11.8 Å². The third-order valence-corrected chi connectivity index (χ3v) is 4.30. The molecule has 1 aromatic rings. The van der Waals surface area contributed by atoms with Gasteiger partial charge in [0.05, 0.1) is 11.1 Å². The molecule has 3 atom stereocenters. The fourth-order valence-corrected chi connectivity index (χ4v) is 2.71. The standard InChI is InChI=1S/C16H24ClNO3/c1-11-3-4-14(17)16(7-11)21-10-13(19)8-18-6-5-12(2)15(20)9-18/h3-4,7,12-13,15,19-20H,5-6,8-10H2,1-2H3/t12-,13+,15-/m0/s1. The summed E-state index contributed by atoms with van der Waals surface area (Å²) in [5, 5.41) is 20.5. The van der Waals surface area contributed by atoms with Crippen molar-refractivity contribution in [2.24, 2.45) is 5.92 Å². The molecule has 1 aliphatic heterocycles. The zero-order valence-corrected chi connectivity index (χ0v) is 13.4. The van der Waals surface area contributed by atoms with Crippen molar-refractivity contribution in [3.05, 3.63) is 28.8 Å². The first-order chi connectivity index (χ1) is 9.95. The van der Waals surface area contributed by atoms with Gasteiger partial charge in [0.2, 0.25) is 0 Å². The van der Waals surface area contributed by atoms with Gasteiger partial charge in [0.1, 0.15) is 18.5 Å². The molecule has 0 aromatic heterocycles. The van der Waals surface area contributed by atoms with Crippen molar-refractivity contribution in [3.63, 3.8) is 0 Å². The first-order valence-electron chi connectivity index (χ1n) is 7.43. The molecule has 1 fully saturated rings. The van der Waals surface area contributed by atoms with Gasteiger partial charge in [0.15, 0.2) is 0 Å². The van der Waals surface area contributed by atoms with Crippen LogP contribution >= 0.6 is 11.6 Å². The molecule has 0 spiro atoms. The molecule has 0 unspecified atom stereocenters. The highest BCUT2D eigenvalue weighted by atomic mass is 35.5. The average molecular weight is 314 g/mol. The lowest BCUT2D eigenvalue weighted by Crippen LogP contribution is -2.46. The van der Waals surface area contributed by atoms with Crippen LogP contribution in [0.2, 0.25) is 5.02 Å². The van der Waals surface area contributed by atoms with Crippen LogP contribution in [0.5, 0.6) is 5.75 Å². The van der Waals surface area contributed by atoms with Gasteiger partial charge in [-0.05, 0) is 43.5 Å². The number of ether oxygens (including phenoxy) is 1. The topological polar surface area (TPSA) is 52.9 Å². The molecule has 1 aliphatic rings. The highest BCUT2D eigenvalue weighted by molar-refractivity contribution is 6.32. The van der Waals surface area contributed by atoms with Crippen LogP contribution in [0.4, 0.5) is 0 Å². The summed E-state index contributed by atoms with van der Waals surface area (Å²) in [4.78, 5) is 2.08. The van der Waals surface area contributed by atoms with E-state index >= 15 is 0 Å². The Morgan fingerprint density at radius 1 is 1.48 bits per heavy atom. The van der Waals surface area contributed by atoms with E-state index in [4.69, 9.17) is 16.3 Å². The van der Waals surface area contributed by atoms with E-state index in [1.807, 2.05) is 19.1 Å². The molecule has 1 heterocycles. The maximum absolute atomic E-state index is 10.1. The molecular weight excluding hydrogens is 290 g/mol. The molecule has 4 nitrogen and oxygen atoms in total. The summed E-state index contributed by atoms with van der Waals surface area (Å²) in [6.07, 6.45) is 0.0543. The van der Waals surface area contributed by atoms with Crippen LogP contribution in [0.3, 0.4) is 0 Å². The zero-order valence-electron chi connectivity index (χ0n) is 12.6. The molecule has 0 bridgehead atoms. The monoisotopic (exact) mass is 313 g/mol. The highest BCUT2D eigenvalue weighted by Gasteiger charge is 2.25. The predicted octanol–water partition coefficient (Wildman–Crippen LogP) is 2.09. The van der Waals surface area contributed by atoms with Crippen molar-refractivity contribution in [2.45, 2.75) is 32.5 Å². The molecule has 0 aliphatic carbocycles. The summed E-state index contributed by atoms with van der Waals surface area (Å²) < 4.78 is 5.60. The zero-order chi connectivity index (χ0) is 15.4. The number of rotatable bonds is 5. The van der Waals surface area contributed by atoms with Crippen molar-refractivity contribution < 1.29 is 14.9 Å². The van der Waals surface area contributed by atoms with Crippen LogP contribution in [0, 0.1) is 12.8 Å². The maximum Gasteiger partial charge on any atom is 0.138 e. The number of aliphatic hydroxyl groups excluding tert-OH is 2. The molecule has 1 aromatic carbocycles. The van der Waals surface area contributed by atoms with E-state index < -0.39 is 6.10 Å². The van der Waals surface area contributed by atoms with Crippen molar-refractivity contribution in [1.29, 1.82) is 0 Å². The summed E-state index contributed by atoms with van der Waals surface area (Å²) in [7, 11) is 0. The Morgan fingerprint density at radius 3 is 2.95 bits per heavy atom. The summed E-state index contributed by atoms with van der Waals surface area (Å²) in [5.41, 5.74) is 1.07. The molecule has 1 saturated heterocycles. The van der Waals surface area contributed by atoms with E-state index in [9.17, 15) is 10.2 Å². The minimum atomic E-state index is -0.595. The molecule has 0 saturated carbocycles. The lowest BCUT2D eigenvalue weighted by Gasteiger charge is -2.35. The van der Waals surface area contributed by atoms with Crippen LogP contribution in [-0.4, -0.2) is 53.6 Å². The predicted molar refractivity (Wildman–Crippen MR) is 83.9 cm³/mol. The molecule has 0 radical (unpaired) electrons. The molecule has 5 heteroatoms. The number of likely N-dealkylation sites (tertiary alicyclic amines) is 1. The average Bonchev–Trinajstić information content (AvgIpc) is 2.44. The van der Waals surface area contributed by atoms with Crippen molar-refractivity contribution >= 4 is 11.6 Å². The van der Waals surface area contributed by atoms with Gasteiger partial charge in [-0.3, -0.25) is 4.90 Å². The Labute approximate surface area is 131 Å². The van der Waals surface area contributed by atoms with Gasteiger partial charge in [-0.25, -0.2) is 0 Å². The summed E-state index contributed by atoms with van der Waals surface area (Å²) in [5.74, 6) is 0.934. The quantitative estimate of drug-likeness (QED) is 0.874. The van der Waals surface area contributed by atoms with Crippen LogP contribution in [0.15, 0.2) is 18.2 Å². The first-order valence-corrected chi connectivity index (χ1v) is 7.81. The van der Waals surface area contributed by atoms with Gasteiger partial charge in [-0.1, -0.05) is 24.6 Å². The number of hydrogen-bond acceptors (Lipinski definition) is 4. The number of hydrogen-bond donors (Lipinski definition) is 2. The van der Waals surface area contributed by atoms with Gasteiger partial charge < -0.3 is 14.9 Å². The van der Waals surface area contributed by atoms with E-state index in [-0.39, 0.29) is 12.7 Å². The van der Waals surface area contributed by atoms with Crippen LogP contribution in [0.1, 0.15) is 18.9 Å². The van der Waals surface area contributed by atoms with E-state index in [1.165, 1.54) is 0 Å². The normalized spacial score (nSPS) is 24.8. The number of halogens is 1. The second-order valence-corrected chi connectivity index (χ2v) is 6.40. The fourth-order valence-electron chi connectivity index (χ4n) is 2.54. The van der Waals surface area contributed by atoms with Gasteiger partial charge in [-0.15, -0.1) is 0 Å². The number of benzene rings is 1. The SMILES string of the molecule is Cc1ccc(Cl)c(OC[C@H](O)CN2CC[C@H](C)[C@@H](O)C2)c1. The van der Waals surface area contributed by atoms with Gasteiger partial charge in [-0.2, -0.15) is 0 Å². The Hall–Kier alpha value is -0.810. The van der Waals surface area contributed by atoms with Crippen LogP contribution in [-0.2, 0) is 0 Å². The molecular formula is C16H24ClNO3. The largest absolute Gasteiger partial charge is 0.489 e. The van der Waals surface area contributed by atoms with Crippen LogP contribution in [0.25, 0.3) is 0 Å². The van der Waals surface area contributed by atoms with Crippen LogP contribution < -0.4 is 4.74 Å². The minimum absolute atomic E-state index is 0.200. The fraction of sp³-hybridized carbons (Fsp3) is 0.625. The maximum atomic E-state index is 10.1. The summed E-state index contributed by atoms with van der Waals surface area (Å²) in [6, 6.07) is 5.57. The third-order valence-electron chi connectivity index (χ3n) is 3.99. The number of β-amino-alcohol motifs (C(OH)–C–C–N with tert-alkyl or cyclic N) is 2. The Kier molecular flexibility index (Phi) is 5.88. The molecule has 2 rings (SSSR count). The van der Waals surface area contributed by atoms with E-state index in [0.717, 1.165) is 18.5 Å². The molecule has 0 amide bonds.